The van der Waals surface area contributed by atoms with Gasteiger partial charge >= 0.3 is 5.97 Å². The van der Waals surface area contributed by atoms with Gasteiger partial charge in [0.15, 0.2) is 11.5 Å². The van der Waals surface area contributed by atoms with E-state index < -0.39 is 17.3 Å². The number of hydrogen-bond acceptors (Lipinski definition) is 3. The topological polar surface area (TPSA) is 55.8 Å². The molecule has 0 aromatic heterocycles. The van der Waals surface area contributed by atoms with Crippen LogP contribution in [0.3, 0.4) is 0 Å². The summed E-state index contributed by atoms with van der Waals surface area (Å²) >= 11 is 0. The number of ether oxygens (including phenoxy) is 2. The Morgan fingerprint density at radius 1 is 1.24 bits per heavy atom. The maximum atomic E-state index is 13.9. The van der Waals surface area contributed by atoms with E-state index in [1.807, 2.05) is 0 Å². The lowest BCUT2D eigenvalue weighted by molar-refractivity contribution is -0.147. The molecule has 6 heteroatoms. The van der Waals surface area contributed by atoms with E-state index in [4.69, 9.17) is 9.47 Å². The Kier molecular flexibility index (Phi) is 3.82. The van der Waals surface area contributed by atoms with E-state index in [1.165, 1.54) is 26.4 Å². The summed E-state index contributed by atoms with van der Waals surface area (Å²) in [5, 5.41) is 9.50. The van der Waals surface area contributed by atoms with Gasteiger partial charge in [-0.25, -0.2) is 8.78 Å². The van der Waals surface area contributed by atoms with Crippen LogP contribution < -0.4 is 9.47 Å². The van der Waals surface area contributed by atoms with Gasteiger partial charge in [0.05, 0.1) is 19.6 Å². The first-order valence-corrected chi connectivity index (χ1v) is 6.64. The summed E-state index contributed by atoms with van der Waals surface area (Å²) in [6, 6.07) is 2.55. The molecule has 1 aliphatic rings. The molecule has 1 aromatic carbocycles. The molecule has 0 aliphatic heterocycles. The van der Waals surface area contributed by atoms with Crippen LogP contribution >= 0.6 is 0 Å². The lowest BCUT2D eigenvalue weighted by Gasteiger charge is -2.40. The van der Waals surface area contributed by atoms with Gasteiger partial charge < -0.3 is 14.6 Å². The van der Waals surface area contributed by atoms with Gasteiger partial charge in [0.2, 0.25) is 0 Å². The zero-order valence-corrected chi connectivity index (χ0v) is 12.2. The molecular formula is C15H18F2O4. The molecule has 0 atom stereocenters. The first kappa shape index (κ1) is 15.5. The Hall–Kier alpha value is -1.85. The van der Waals surface area contributed by atoms with E-state index in [0.29, 0.717) is 19.3 Å². The molecule has 2 rings (SSSR count). The quantitative estimate of drug-likeness (QED) is 0.906. The van der Waals surface area contributed by atoms with Crippen molar-refractivity contribution in [2.75, 3.05) is 14.2 Å². The van der Waals surface area contributed by atoms with Gasteiger partial charge in [-0.15, -0.1) is 0 Å². The van der Waals surface area contributed by atoms with Gasteiger partial charge in [-0.05, 0) is 30.5 Å². The van der Waals surface area contributed by atoms with Gasteiger partial charge in [0.25, 0.3) is 5.92 Å². The molecule has 21 heavy (non-hydrogen) atoms. The van der Waals surface area contributed by atoms with E-state index in [0.717, 1.165) is 6.92 Å². The summed E-state index contributed by atoms with van der Waals surface area (Å²) in [6.07, 6.45) is 1.40. The Bertz CT molecular complexity index is 560. The summed E-state index contributed by atoms with van der Waals surface area (Å²) in [5.74, 6) is -3.82. The third kappa shape index (κ3) is 2.43. The maximum Gasteiger partial charge on any atom is 0.314 e. The Labute approximate surface area is 121 Å². The minimum absolute atomic E-state index is 0.117. The first-order valence-electron chi connectivity index (χ1n) is 6.64. The van der Waals surface area contributed by atoms with E-state index in [9.17, 15) is 18.7 Å². The molecule has 0 bridgehead atoms. The summed E-state index contributed by atoms with van der Waals surface area (Å²) in [6.45, 7) is 0.756. The fourth-order valence-corrected chi connectivity index (χ4v) is 2.77. The number of alkyl halides is 2. The normalized spacial score (nSPS) is 17.0. The molecule has 0 amide bonds. The lowest BCUT2D eigenvalue weighted by Crippen LogP contribution is -2.43. The predicted octanol–water partition coefficient (Wildman–Crippen LogP) is 3.32. The van der Waals surface area contributed by atoms with Crippen molar-refractivity contribution in [3.63, 3.8) is 0 Å². The van der Waals surface area contributed by atoms with Crippen molar-refractivity contribution in [2.45, 2.75) is 37.5 Å². The van der Waals surface area contributed by atoms with Crippen molar-refractivity contribution in [1.29, 1.82) is 0 Å². The van der Waals surface area contributed by atoms with Crippen molar-refractivity contribution in [3.05, 3.63) is 23.3 Å². The van der Waals surface area contributed by atoms with Crippen molar-refractivity contribution in [2.24, 2.45) is 0 Å². The SMILES string of the molecule is COc1cc(C(C)(F)F)c(C2(C(=O)O)CCC2)cc1OC. The van der Waals surface area contributed by atoms with Gasteiger partial charge in [0, 0.05) is 12.5 Å². The highest BCUT2D eigenvalue weighted by atomic mass is 19.3. The standard InChI is InChI=1S/C15H18F2O4/c1-14(16,17)9-7-11(20-2)12(21-3)8-10(9)15(13(18)19)5-4-6-15/h7-8H,4-6H2,1-3H3,(H,18,19). The zero-order valence-electron chi connectivity index (χ0n) is 12.2. The third-order valence-corrected chi connectivity index (χ3v) is 4.13. The molecule has 4 nitrogen and oxygen atoms in total. The monoisotopic (exact) mass is 300 g/mol. The van der Waals surface area contributed by atoms with Crippen LogP contribution in [0.25, 0.3) is 0 Å². The van der Waals surface area contributed by atoms with Gasteiger partial charge in [-0.2, -0.15) is 0 Å². The number of rotatable bonds is 5. The van der Waals surface area contributed by atoms with E-state index in [2.05, 4.69) is 0 Å². The van der Waals surface area contributed by atoms with Crippen molar-refractivity contribution < 1.29 is 28.2 Å². The second-order valence-electron chi connectivity index (χ2n) is 5.38. The van der Waals surface area contributed by atoms with Crippen LogP contribution in [-0.4, -0.2) is 25.3 Å². The number of benzene rings is 1. The number of carboxylic acid groups (broad SMARTS) is 1. The molecular weight excluding hydrogens is 282 g/mol. The summed E-state index contributed by atoms with van der Waals surface area (Å²) in [5.41, 5.74) is -1.46. The van der Waals surface area contributed by atoms with E-state index in [1.54, 1.807) is 0 Å². The number of methoxy groups -OCH3 is 2. The highest BCUT2D eigenvalue weighted by Crippen LogP contribution is 2.50. The van der Waals surface area contributed by atoms with Crippen molar-refractivity contribution >= 4 is 5.97 Å². The van der Waals surface area contributed by atoms with Crippen LogP contribution in [0.2, 0.25) is 0 Å². The molecule has 0 spiro atoms. The van der Waals surface area contributed by atoms with Crippen LogP contribution in [0.1, 0.15) is 37.3 Å². The summed E-state index contributed by atoms with van der Waals surface area (Å²) in [7, 11) is 2.74. The van der Waals surface area contributed by atoms with Crippen LogP contribution in [0, 0.1) is 0 Å². The zero-order chi connectivity index (χ0) is 15.8. The largest absolute Gasteiger partial charge is 0.493 e. The van der Waals surface area contributed by atoms with Gasteiger partial charge in [-0.1, -0.05) is 6.42 Å². The van der Waals surface area contributed by atoms with Crippen LogP contribution in [-0.2, 0) is 16.1 Å². The third-order valence-electron chi connectivity index (χ3n) is 4.13. The highest BCUT2D eigenvalue weighted by Gasteiger charge is 2.50. The van der Waals surface area contributed by atoms with E-state index >= 15 is 0 Å². The van der Waals surface area contributed by atoms with Crippen molar-refractivity contribution in [3.8, 4) is 11.5 Å². The minimum atomic E-state index is -3.16. The van der Waals surface area contributed by atoms with Crippen LogP contribution in [0.15, 0.2) is 12.1 Å². The average Bonchev–Trinajstić information content (AvgIpc) is 2.34. The number of halogens is 2. The van der Waals surface area contributed by atoms with Crippen LogP contribution in [0.5, 0.6) is 11.5 Å². The molecule has 116 valence electrons. The molecule has 0 radical (unpaired) electrons. The van der Waals surface area contributed by atoms with Crippen LogP contribution in [0.4, 0.5) is 8.78 Å². The second kappa shape index (κ2) is 5.16. The molecule has 1 aliphatic carbocycles. The fraction of sp³-hybridized carbons (Fsp3) is 0.533. The molecule has 1 saturated carbocycles. The molecule has 1 N–H and O–H groups in total. The summed E-state index contributed by atoms with van der Waals surface area (Å²) < 4.78 is 38.0. The summed E-state index contributed by atoms with van der Waals surface area (Å²) in [4.78, 5) is 11.6. The first-order chi connectivity index (χ1) is 9.76. The molecule has 0 unspecified atom stereocenters. The predicted molar refractivity (Wildman–Crippen MR) is 72.3 cm³/mol. The van der Waals surface area contributed by atoms with Crippen molar-refractivity contribution in [1.82, 2.24) is 0 Å². The number of hydrogen-bond donors (Lipinski definition) is 1. The lowest BCUT2D eigenvalue weighted by atomic mass is 9.63. The highest BCUT2D eigenvalue weighted by molar-refractivity contribution is 5.83. The average molecular weight is 300 g/mol. The Balaban J connectivity index is 2.71. The smallest absolute Gasteiger partial charge is 0.314 e. The molecule has 0 saturated heterocycles. The van der Waals surface area contributed by atoms with Gasteiger partial charge in [-0.3, -0.25) is 4.79 Å². The fourth-order valence-electron chi connectivity index (χ4n) is 2.77. The molecule has 0 heterocycles. The number of carbonyl (C=O) groups is 1. The second-order valence-corrected chi connectivity index (χ2v) is 5.38. The van der Waals surface area contributed by atoms with E-state index in [-0.39, 0.29) is 22.6 Å². The number of carboxylic acids is 1. The molecule has 1 aromatic rings. The molecule has 1 fully saturated rings. The Morgan fingerprint density at radius 3 is 2.10 bits per heavy atom. The Morgan fingerprint density at radius 2 is 1.76 bits per heavy atom. The number of aliphatic carboxylic acids is 1. The maximum absolute atomic E-state index is 13.9. The van der Waals surface area contributed by atoms with Gasteiger partial charge in [0.1, 0.15) is 0 Å². The minimum Gasteiger partial charge on any atom is -0.493 e.